The number of benzene rings is 1. The van der Waals surface area contributed by atoms with Gasteiger partial charge in [0.2, 0.25) is 0 Å². The normalized spacial score (nSPS) is 10.3. The number of aryl methyl sites for hydroxylation is 1. The number of aromatic carboxylic acids is 1. The van der Waals surface area contributed by atoms with Crippen LogP contribution in [0.4, 0.5) is 20.3 Å². The lowest BCUT2D eigenvalue weighted by atomic mass is 10.2. The molecule has 0 aliphatic heterocycles. The zero-order chi connectivity index (χ0) is 14.0. The Morgan fingerprint density at radius 1 is 1.32 bits per heavy atom. The molecule has 0 aliphatic rings. The molecule has 1 aromatic heterocycles. The SMILES string of the molecule is Cc1ncc(C(=O)O)c(Nc2ccc(F)c(F)c2)n1. The fraction of sp³-hybridized carbons (Fsp3) is 0.0833. The summed E-state index contributed by atoms with van der Waals surface area (Å²) in [6.45, 7) is 1.59. The Morgan fingerprint density at radius 2 is 2.05 bits per heavy atom. The van der Waals surface area contributed by atoms with E-state index in [0.717, 1.165) is 18.3 Å². The molecule has 0 radical (unpaired) electrons. The molecule has 0 aliphatic carbocycles. The van der Waals surface area contributed by atoms with Crippen molar-refractivity contribution >= 4 is 17.5 Å². The number of rotatable bonds is 3. The van der Waals surface area contributed by atoms with E-state index < -0.39 is 17.6 Å². The molecule has 7 heteroatoms. The zero-order valence-electron chi connectivity index (χ0n) is 9.82. The molecule has 98 valence electrons. The van der Waals surface area contributed by atoms with E-state index in [-0.39, 0.29) is 17.1 Å². The summed E-state index contributed by atoms with van der Waals surface area (Å²) >= 11 is 0. The summed E-state index contributed by atoms with van der Waals surface area (Å²) in [4.78, 5) is 18.7. The summed E-state index contributed by atoms with van der Waals surface area (Å²) in [5.41, 5.74) is 0.0369. The summed E-state index contributed by atoms with van der Waals surface area (Å²) in [6.07, 6.45) is 1.15. The number of nitrogens with one attached hydrogen (secondary N) is 1. The Labute approximate surface area is 106 Å². The van der Waals surface area contributed by atoms with Gasteiger partial charge < -0.3 is 10.4 Å². The zero-order valence-corrected chi connectivity index (χ0v) is 9.82. The summed E-state index contributed by atoms with van der Waals surface area (Å²) in [6, 6.07) is 3.13. The van der Waals surface area contributed by atoms with Gasteiger partial charge in [0, 0.05) is 18.0 Å². The van der Waals surface area contributed by atoms with Gasteiger partial charge in [0.15, 0.2) is 11.6 Å². The Kier molecular flexibility index (Phi) is 3.37. The molecule has 1 aromatic carbocycles. The molecule has 0 fully saturated rings. The molecule has 19 heavy (non-hydrogen) atoms. The summed E-state index contributed by atoms with van der Waals surface area (Å²) in [5, 5.41) is 11.6. The van der Waals surface area contributed by atoms with Gasteiger partial charge in [0.25, 0.3) is 0 Å². The predicted octanol–water partition coefficient (Wildman–Crippen LogP) is 2.51. The van der Waals surface area contributed by atoms with Crippen LogP contribution >= 0.6 is 0 Å². The molecule has 0 saturated carbocycles. The van der Waals surface area contributed by atoms with Gasteiger partial charge in [0.05, 0.1) is 0 Å². The molecule has 5 nitrogen and oxygen atoms in total. The molecule has 0 amide bonds. The van der Waals surface area contributed by atoms with Gasteiger partial charge in [-0.2, -0.15) is 0 Å². The topological polar surface area (TPSA) is 75.1 Å². The number of carbonyl (C=O) groups is 1. The Morgan fingerprint density at radius 3 is 2.68 bits per heavy atom. The van der Waals surface area contributed by atoms with Crippen LogP contribution in [0.25, 0.3) is 0 Å². The molecule has 0 unspecified atom stereocenters. The molecule has 0 saturated heterocycles. The third-order valence-corrected chi connectivity index (χ3v) is 2.32. The lowest BCUT2D eigenvalue weighted by Crippen LogP contribution is -2.07. The van der Waals surface area contributed by atoms with Crippen LogP contribution < -0.4 is 5.32 Å². The van der Waals surface area contributed by atoms with Crippen molar-refractivity contribution in [3.63, 3.8) is 0 Å². The number of anilines is 2. The first kappa shape index (κ1) is 12.9. The maximum absolute atomic E-state index is 13.1. The first-order valence-electron chi connectivity index (χ1n) is 5.26. The van der Waals surface area contributed by atoms with Gasteiger partial charge >= 0.3 is 5.97 Å². The summed E-state index contributed by atoms with van der Waals surface area (Å²) in [7, 11) is 0. The standard InChI is InChI=1S/C12H9F2N3O2/c1-6-15-5-8(12(18)19)11(16-6)17-7-2-3-9(13)10(14)4-7/h2-5H,1H3,(H,18,19)(H,15,16,17). The monoisotopic (exact) mass is 265 g/mol. The first-order chi connectivity index (χ1) is 8.97. The van der Waals surface area contributed by atoms with Crippen LogP contribution in [0.5, 0.6) is 0 Å². The molecule has 0 spiro atoms. The first-order valence-corrected chi connectivity index (χ1v) is 5.26. The number of nitrogens with zero attached hydrogens (tertiary/aromatic N) is 2. The van der Waals surface area contributed by atoms with Crippen molar-refractivity contribution in [3.05, 3.63) is 47.4 Å². The number of carboxylic acids is 1. The molecule has 0 atom stereocenters. The van der Waals surface area contributed by atoms with Crippen LogP contribution in [0.3, 0.4) is 0 Å². The highest BCUT2D eigenvalue weighted by Crippen LogP contribution is 2.20. The maximum atomic E-state index is 13.1. The average Bonchev–Trinajstić information content (AvgIpc) is 2.33. The molecule has 2 N–H and O–H groups in total. The van der Waals surface area contributed by atoms with E-state index >= 15 is 0 Å². The third-order valence-electron chi connectivity index (χ3n) is 2.32. The Balaban J connectivity index is 2.39. The van der Waals surface area contributed by atoms with Gasteiger partial charge in [-0.3, -0.25) is 0 Å². The van der Waals surface area contributed by atoms with Gasteiger partial charge in [-0.1, -0.05) is 0 Å². The number of aromatic nitrogens is 2. The van der Waals surface area contributed by atoms with Crippen LogP contribution in [-0.2, 0) is 0 Å². The molecule has 0 bridgehead atoms. The van der Waals surface area contributed by atoms with E-state index in [2.05, 4.69) is 15.3 Å². The number of hydrogen-bond donors (Lipinski definition) is 2. The number of hydrogen-bond acceptors (Lipinski definition) is 4. The van der Waals surface area contributed by atoms with Crippen molar-refractivity contribution in [2.75, 3.05) is 5.32 Å². The minimum atomic E-state index is -1.22. The van der Waals surface area contributed by atoms with Crippen LogP contribution in [0, 0.1) is 18.6 Å². The molecule has 1 heterocycles. The highest BCUT2D eigenvalue weighted by atomic mass is 19.2. The van der Waals surface area contributed by atoms with Crippen molar-refractivity contribution in [1.82, 2.24) is 9.97 Å². The fourth-order valence-corrected chi connectivity index (χ4v) is 1.43. The van der Waals surface area contributed by atoms with Gasteiger partial charge in [-0.05, 0) is 19.1 Å². The highest BCUT2D eigenvalue weighted by molar-refractivity contribution is 5.93. The quantitative estimate of drug-likeness (QED) is 0.891. The van der Waals surface area contributed by atoms with Crippen molar-refractivity contribution in [1.29, 1.82) is 0 Å². The van der Waals surface area contributed by atoms with Crippen LogP contribution in [0.15, 0.2) is 24.4 Å². The highest BCUT2D eigenvalue weighted by Gasteiger charge is 2.13. The molecule has 2 rings (SSSR count). The predicted molar refractivity (Wildman–Crippen MR) is 63.4 cm³/mol. The van der Waals surface area contributed by atoms with E-state index in [1.54, 1.807) is 6.92 Å². The van der Waals surface area contributed by atoms with E-state index in [4.69, 9.17) is 5.11 Å². The van der Waals surface area contributed by atoms with Crippen molar-refractivity contribution in [3.8, 4) is 0 Å². The smallest absolute Gasteiger partial charge is 0.341 e. The van der Waals surface area contributed by atoms with E-state index in [1.807, 2.05) is 0 Å². The summed E-state index contributed by atoms with van der Waals surface area (Å²) < 4.78 is 25.8. The van der Waals surface area contributed by atoms with Crippen LogP contribution in [-0.4, -0.2) is 21.0 Å². The van der Waals surface area contributed by atoms with Crippen LogP contribution in [0.1, 0.15) is 16.2 Å². The lowest BCUT2D eigenvalue weighted by Gasteiger charge is -2.09. The second kappa shape index (κ2) is 4.97. The minimum absolute atomic E-state index is 0.0195. The largest absolute Gasteiger partial charge is 0.477 e. The fourth-order valence-electron chi connectivity index (χ4n) is 1.43. The second-order valence-corrected chi connectivity index (χ2v) is 3.74. The number of carboxylic acid groups (broad SMARTS) is 1. The van der Waals surface area contributed by atoms with Crippen molar-refractivity contribution in [2.45, 2.75) is 6.92 Å². The Bertz CT molecular complexity index is 647. The molecular weight excluding hydrogens is 256 g/mol. The van der Waals surface area contributed by atoms with E-state index in [9.17, 15) is 13.6 Å². The average molecular weight is 265 g/mol. The molecular formula is C12H9F2N3O2. The van der Waals surface area contributed by atoms with Gasteiger partial charge in [-0.25, -0.2) is 23.5 Å². The number of halogens is 2. The van der Waals surface area contributed by atoms with Crippen LogP contribution in [0.2, 0.25) is 0 Å². The van der Waals surface area contributed by atoms with E-state index in [0.29, 0.717) is 5.82 Å². The second-order valence-electron chi connectivity index (χ2n) is 3.74. The molecule has 2 aromatic rings. The van der Waals surface area contributed by atoms with E-state index in [1.165, 1.54) is 6.07 Å². The van der Waals surface area contributed by atoms with Gasteiger partial charge in [-0.15, -0.1) is 0 Å². The maximum Gasteiger partial charge on any atom is 0.341 e. The summed E-state index contributed by atoms with van der Waals surface area (Å²) in [5.74, 6) is -2.86. The lowest BCUT2D eigenvalue weighted by molar-refractivity contribution is 0.0697. The minimum Gasteiger partial charge on any atom is -0.477 e. The Hall–Kier alpha value is -2.57. The van der Waals surface area contributed by atoms with Gasteiger partial charge in [0.1, 0.15) is 17.2 Å². The van der Waals surface area contributed by atoms with Crippen molar-refractivity contribution < 1.29 is 18.7 Å². The van der Waals surface area contributed by atoms with Crippen molar-refractivity contribution in [2.24, 2.45) is 0 Å². The third kappa shape index (κ3) is 2.82.